The molecule has 0 saturated heterocycles. The van der Waals surface area contributed by atoms with Gasteiger partial charge in [-0.25, -0.2) is 0 Å². The Bertz CT molecular complexity index is 605. The third kappa shape index (κ3) is 3.50. The molecule has 0 unspecified atom stereocenters. The van der Waals surface area contributed by atoms with Crippen LogP contribution >= 0.6 is 27.5 Å². The Morgan fingerprint density at radius 3 is 2.43 bits per heavy atom. The Kier molecular flexibility index (Phi) is 4.68. The molecular weight excluding hydrogens is 346 g/mol. The van der Waals surface area contributed by atoms with E-state index in [0.29, 0.717) is 18.0 Å². The van der Waals surface area contributed by atoms with Crippen molar-refractivity contribution in [1.82, 2.24) is 5.32 Å². The molecular formula is C18H19BrClN. The standard InChI is InChI=1S/C18H19BrClN/c1-12(17-4-2-3-5-18(17)19)21-16-10-14(11-16)13-6-8-15(20)9-7-13/h2-9,12,14,16,21H,10-11H2,1H3/t12-,14?,16?/m1/s1. The van der Waals surface area contributed by atoms with Crippen molar-refractivity contribution in [3.05, 3.63) is 69.2 Å². The van der Waals surface area contributed by atoms with Crippen LogP contribution in [0.3, 0.4) is 0 Å². The third-order valence-electron chi connectivity index (χ3n) is 4.34. The normalized spacial score (nSPS) is 22.6. The predicted molar refractivity (Wildman–Crippen MR) is 92.9 cm³/mol. The lowest BCUT2D eigenvalue weighted by atomic mass is 9.75. The first-order chi connectivity index (χ1) is 10.1. The first kappa shape index (κ1) is 15.1. The molecule has 2 aromatic carbocycles. The van der Waals surface area contributed by atoms with E-state index in [1.54, 1.807) is 0 Å². The van der Waals surface area contributed by atoms with Crippen LogP contribution in [0, 0.1) is 0 Å². The van der Waals surface area contributed by atoms with E-state index in [1.165, 1.54) is 28.4 Å². The van der Waals surface area contributed by atoms with Crippen LogP contribution in [0.5, 0.6) is 0 Å². The minimum Gasteiger partial charge on any atom is -0.307 e. The first-order valence-corrected chi connectivity index (χ1v) is 8.56. The molecule has 1 aliphatic carbocycles. The van der Waals surface area contributed by atoms with Crippen molar-refractivity contribution in [2.45, 2.75) is 37.8 Å². The van der Waals surface area contributed by atoms with Crippen molar-refractivity contribution in [2.75, 3.05) is 0 Å². The highest BCUT2D eigenvalue weighted by molar-refractivity contribution is 9.10. The lowest BCUT2D eigenvalue weighted by Crippen LogP contribution is -2.41. The van der Waals surface area contributed by atoms with E-state index < -0.39 is 0 Å². The molecule has 1 fully saturated rings. The molecule has 1 saturated carbocycles. The highest BCUT2D eigenvalue weighted by Crippen LogP contribution is 2.38. The van der Waals surface area contributed by atoms with Crippen LogP contribution in [-0.4, -0.2) is 6.04 Å². The van der Waals surface area contributed by atoms with Crippen LogP contribution in [0.1, 0.15) is 42.9 Å². The molecule has 3 rings (SSSR count). The molecule has 0 aromatic heterocycles. The smallest absolute Gasteiger partial charge is 0.0406 e. The van der Waals surface area contributed by atoms with Crippen molar-refractivity contribution < 1.29 is 0 Å². The molecule has 1 N–H and O–H groups in total. The molecule has 0 heterocycles. The second-order valence-corrected chi connectivity index (χ2v) is 7.12. The fraction of sp³-hybridized carbons (Fsp3) is 0.333. The zero-order chi connectivity index (χ0) is 14.8. The van der Waals surface area contributed by atoms with E-state index in [1.807, 2.05) is 12.1 Å². The highest BCUT2D eigenvalue weighted by Gasteiger charge is 2.31. The van der Waals surface area contributed by atoms with Gasteiger partial charge in [-0.15, -0.1) is 0 Å². The molecule has 3 heteroatoms. The number of hydrogen-bond acceptors (Lipinski definition) is 1. The minimum absolute atomic E-state index is 0.372. The van der Waals surface area contributed by atoms with Gasteiger partial charge >= 0.3 is 0 Å². The number of halogens is 2. The van der Waals surface area contributed by atoms with Crippen LogP contribution in [0.2, 0.25) is 5.02 Å². The molecule has 0 radical (unpaired) electrons. The van der Waals surface area contributed by atoms with Crippen molar-refractivity contribution in [3.8, 4) is 0 Å². The van der Waals surface area contributed by atoms with Crippen molar-refractivity contribution in [2.24, 2.45) is 0 Å². The lowest BCUT2D eigenvalue weighted by molar-refractivity contribution is 0.270. The van der Waals surface area contributed by atoms with Crippen LogP contribution in [0.25, 0.3) is 0 Å². The summed E-state index contributed by atoms with van der Waals surface area (Å²) in [7, 11) is 0. The molecule has 1 nitrogen and oxygen atoms in total. The van der Waals surface area contributed by atoms with Gasteiger partial charge in [-0.2, -0.15) is 0 Å². The Balaban J connectivity index is 1.55. The molecule has 0 bridgehead atoms. The highest BCUT2D eigenvalue weighted by atomic mass is 79.9. The summed E-state index contributed by atoms with van der Waals surface area (Å²) in [6, 6.07) is 17.7. The second-order valence-electron chi connectivity index (χ2n) is 5.83. The van der Waals surface area contributed by atoms with Gasteiger partial charge in [0.2, 0.25) is 0 Å². The molecule has 0 amide bonds. The van der Waals surface area contributed by atoms with E-state index in [0.717, 1.165) is 5.02 Å². The largest absolute Gasteiger partial charge is 0.307 e. The Hall–Kier alpha value is -0.830. The van der Waals surface area contributed by atoms with Gasteiger partial charge < -0.3 is 5.32 Å². The summed E-state index contributed by atoms with van der Waals surface area (Å²) in [4.78, 5) is 0. The second kappa shape index (κ2) is 6.51. The molecule has 0 aliphatic heterocycles. The minimum atomic E-state index is 0.372. The van der Waals surface area contributed by atoms with Crippen LogP contribution in [0.4, 0.5) is 0 Å². The van der Waals surface area contributed by atoms with E-state index >= 15 is 0 Å². The van der Waals surface area contributed by atoms with Crippen molar-refractivity contribution >= 4 is 27.5 Å². The van der Waals surface area contributed by atoms with Gasteiger partial charge in [-0.1, -0.05) is 57.9 Å². The number of hydrogen-bond donors (Lipinski definition) is 1. The van der Waals surface area contributed by atoms with Gasteiger partial charge in [-0.05, 0) is 55.0 Å². The average Bonchev–Trinajstić information content (AvgIpc) is 2.44. The number of rotatable bonds is 4. The van der Waals surface area contributed by atoms with Crippen LogP contribution in [0.15, 0.2) is 53.0 Å². The molecule has 1 atom stereocenters. The summed E-state index contributed by atoms with van der Waals surface area (Å²) >= 11 is 9.57. The van der Waals surface area contributed by atoms with Gasteiger partial charge in [0.1, 0.15) is 0 Å². The van der Waals surface area contributed by atoms with Crippen LogP contribution < -0.4 is 5.32 Å². The molecule has 0 spiro atoms. The van der Waals surface area contributed by atoms with Crippen molar-refractivity contribution in [1.29, 1.82) is 0 Å². The summed E-state index contributed by atoms with van der Waals surface area (Å²) < 4.78 is 1.18. The van der Waals surface area contributed by atoms with Crippen LogP contribution in [-0.2, 0) is 0 Å². The summed E-state index contributed by atoms with van der Waals surface area (Å²) in [5.74, 6) is 0.672. The zero-order valence-corrected chi connectivity index (χ0v) is 14.4. The van der Waals surface area contributed by atoms with Gasteiger partial charge in [0, 0.05) is 21.6 Å². The molecule has 21 heavy (non-hydrogen) atoms. The maximum Gasteiger partial charge on any atom is 0.0406 e. The van der Waals surface area contributed by atoms with E-state index in [4.69, 9.17) is 11.6 Å². The number of nitrogens with one attached hydrogen (secondary N) is 1. The average molecular weight is 365 g/mol. The van der Waals surface area contributed by atoms with Gasteiger partial charge in [0.25, 0.3) is 0 Å². The molecule has 2 aromatic rings. The van der Waals surface area contributed by atoms with E-state index in [2.05, 4.69) is 64.6 Å². The van der Waals surface area contributed by atoms with Gasteiger partial charge in [0.05, 0.1) is 0 Å². The summed E-state index contributed by atoms with van der Waals surface area (Å²) in [5, 5.41) is 4.54. The Labute approximate surface area is 139 Å². The quantitative estimate of drug-likeness (QED) is 0.734. The fourth-order valence-electron chi connectivity index (χ4n) is 3.03. The summed E-state index contributed by atoms with van der Waals surface area (Å²) in [6.45, 7) is 2.23. The topological polar surface area (TPSA) is 12.0 Å². The van der Waals surface area contributed by atoms with E-state index in [-0.39, 0.29) is 0 Å². The van der Waals surface area contributed by atoms with E-state index in [9.17, 15) is 0 Å². The maximum atomic E-state index is 5.94. The Morgan fingerprint density at radius 2 is 1.76 bits per heavy atom. The predicted octanol–water partition coefficient (Wildman–Crippen LogP) is 5.70. The molecule has 1 aliphatic rings. The summed E-state index contributed by atoms with van der Waals surface area (Å²) in [6.07, 6.45) is 2.41. The maximum absolute atomic E-state index is 5.94. The number of benzene rings is 2. The first-order valence-electron chi connectivity index (χ1n) is 7.39. The van der Waals surface area contributed by atoms with Crippen molar-refractivity contribution in [3.63, 3.8) is 0 Å². The molecule has 110 valence electrons. The zero-order valence-electron chi connectivity index (χ0n) is 12.0. The SMILES string of the molecule is C[C@@H](NC1CC(c2ccc(Cl)cc2)C1)c1ccccc1Br. The fourth-order valence-corrected chi connectivity index (χ4v) is 3.78. The third-order valence-corrected chi connectivity index (χ3v) is 5.31. The van der Waals surface area contributed by atoms with Gasteiger partial charge in [0.15, 0.2) is 0 Å². The monoisotopic (exact) mass is 363 g/mol. The lowest BCUT2D eigenvalue weighted by Gasteiger charge is -2.38. The van der Waals surface area contributed by atoms with Gasteiger partial charge in [-0.3, -0.25) is 0 Å². The Morgan fingerprint density at radius 1 is 1.10 bits per heavy atom. The summed E-state index contributed by atoms with van der Waals surface area (Å²) in [5.41, 5.74) is 2.73.